The van der Waals surface area contributed by atoms with Crippen LogP contribution in [0.2, 0.25) is 0 Å². The molecule has 2 heterocycles. The smallest absolute Gasteiger partial charge is 0.222 e. The van der Waals surface area contributed by atoms with E-state index in [0.29, 0.717) is 19.6 Å². The molecule has 96 valence electrons. The molecule has 0 unspecified atom stereocenters. The van der Waals surface area contributed by atoms with Crippen LogP contribution in [0.3, 0.4) is 0 Å². The monoisotopic (exact) mass is 247 g/mol. The second-order valence-electron chi connectivity index (χ2n) is 4.79. The molecule has 0 radical (unpaired) electrons. The second kappa shape index (κ2) is 4.98. The Kier molecular flexibility index (Phi) is 3.19. The molecule has 0 aromatic heterocycles. The Labute approximate surface area is 106 Å². The van der Waals surface area contributed by atoms with Crippen LogP contribution in [-0.4, -0.2) is 36.7 Å². The molecule has 4 nitrogen and oxygen atoms in total. The third kappa shape index (κ3) is 2.64. The molecular weight excluding hydrogens is 230 g/mol. The number of carbonyl (C=O) groups is 1. The minimum atomic E-state index is 0.246. The van der Waals surface area contributed by atoms with Crippen molar-refractivity contribution in [2.75, 3.05) is 19.8 Å². The van der Waals surface area contributed by atoms with Gasteiger partial charge in [0.2, 0.25) is 5.91 Å². The molecule has 1 aromatic rings. The van der Waals surface area contributed by atoms with E-state index in [0.717, 1.165) is 30.9 Å². The maximum absolute atomic E-state index is 11.6. The van der Waals surface area contributed by atoms with Crippen LogP contribution in [0.5, 0.6) is 5.75 Å². The summed E-state index contributed by atoms with van der Waals surface area (Å²) in [6, 6.07) is 7.92. The van der Waals surface area contributed by atoms with Crippen molar-refractivity contribution in [3.05, 3.63) is 29.8 Å². The van der Waals surface area contributed by atoms with E-state index in [1.54, 1.807) is 0 Å². The van der Waals surface area contributed by atoms with Crippen molar-refractivity contribution in [2.45, 2.75) is 25.5 Å². The van der Waals surface area contributed by atoms with Gasteiger partial charge in [0.1, 0.15) is 18.5 Å². The van der Waals surface area contributed by atoms with Gasteiger partial charge in [0, 0.05) is 25.1 Å². The Morgan fingerprint density at radius 1 is 1.39 bits per heavy atom. The first-order chi connectivity index (χ1) is 8.83. The number of likely N-dealkylation sites (tertiary alicyclic amines) is 1. The highest BCUT2D eigenvalue weighted by molar-refractivity contribution is 5.78. The lowest BCUT2D eigenvalue weighted by Crippen LogP contribution is -2.24. The maximum atomic E-state index is 11.6. The van der Waals surface area contributed by atoms with Crippen molar-refractivity contribution in [3.63, 3.8) is 0 Å². The van der Waals surface area contributed by atoms with Gasteiger partial charge < -0.3 is 14.4 Å². The third-order valence-corrected chi connectivity index (χ3v) is 3.33. The van der Waals surface area contributed by atoms with Crippen molar-refractivity contribution in [2.24, 2.45) is 0 Å². The summed E-state index contributed by atoms with van der Waals surface area (Å²) in [6.07, 6.45) is 1.91. The van der Waals surface area contributed by atoms with Crippen LogP contribution in [0.15, 0.2) is 24.3 Å². The topological polar surface area (TPSA) is 42.1 Å². The minimum absolute atomic E-state index is 0.246. The van der Waals surface area contributed by atoms with Gasteiger partial charge in [-0.3, -0.25) is 4.79 Å². The molecule has 2 aliphatic rings. The first-order valence-electron chi connectivity index (χ1n) is 6.43. The third-order valence-electron chi connectivity index (χ3n) is 3.33. The van der Waals surface area contributed by atoms with Crippen molar-refractivity contribution >= 4 is 5.91 Å². The highest BCUT2D eigenvalue weighted by Crippen LogP contribution is 2.23. The fourth-order valence-electron chi connectivity index (χ4n) is 2.20. The van der Waals surface area contributed by atoms with E-state index in [4.69, 9.17) is 9.47 Å². The average Bonchev–Trinajstić information content (AvgIpc) is 3.13. The Hall–Kier alpha value is -1.55. The van der Waals surface area contributed by atoms with Gasteiger partial charge in [-0.15, -0.1) is 0 Å². The summed E-state index contributed by atoms with van der Waals surface area (Å²) in [4.78, 5) is 13.5. The normalized spacial score (nSPS) is 22.3. The second-order valence-corrected chi connectivity index (χ2v) is 4.79. The number of epoxide rings is 1. The van der Waals surface area contributed by atoms with E-state index in [1.165, 1.54) is 0 Å². The van der Waals surface area contributed by atoms with Gasteiger partial charge in [0.05, 0.1) is 6.61 Å². The van der Waals surface area contributed by atoms with E-state index >= 15 is 0 Å². The standard InChI is InChI=1S/C14H17NO3/c16-14-6-3-7-15(14)8-11-4-1-2-5-13(11)18-10-12-9-17-12/h1-2,4-5,12H,3,6-10H2/t12-/m0/s1. The van der Waals surface area contributed by atoms with Gasteiger partial charge in [0.15, 0.2) is 0 Å². The van der Waals surface area contributed by atoms with E-state index in [-0.39, 0.29) is 12.0 Å². The lowest BCUT2D eigenvalue weighted by atomic mass is 10.2. The highest BCUT2D eigenvalue weighted by atomic mass is 16.6. The molecule has 0 N–H and O–H groups in total. The molecule has 0 aliphatic carbocycles. The van der Waals surface area contributed by atoms with Crippen LogP contribution in [0.25, 0.3) is 0 Å². The number of nitrogens with zero attached hydrogens (tertiary/aromatic N) is 1. The molecule has 2 fully saturated rings. The number of hydrogen-bond donors (Lipinski definition) is 0. The van der Waals surface area contributed by atoms with Crippen LogP contribution < -0.4 is 4.74 Å². The SMILES string of the molecule is O=C1CCCN1Cc1ccccc1OC[C@@H]1CO1. The molecule has 0 bridgehead atoms. The Balaban J connectivity index is 1.67. The summed E-state index contributed by atoms with van der Waals surface area (Å²) in [6.45, 7) is 2.91. The molecule has 1 amide bonds. The van der Waals surface area contributed by atoms with Crippen LogP contribution in [-0.2, 0) is 16.1 Å². The summed E-state index contributed by atoms with van der Waals surface area (Å²) in [5, 5.41) is 0. The number of amides is 1. The van der Waals surface area contributed by atoms with Crippen LogP contribution >= 0.6 is 0 Å². The van der Waals surface area contributed by atoms with E-state index in [1.807, 2.05) is 29.2 Å². The molecule has 0 saturated carbocycles. The Morgan fingerprint density at radius 2 is 2.22 bits per heavy atom. The Bertz CT molecular complexity index is 442. The number of hydrogen-bond acceptors (Lipinski definition) is 3. The van der Waals surface area contributed by atoms with Gasteiger partial charge in [-0.05, 0) is 12.5 Å². The van der Waals surface area contributed by atoms with Gasteiger partial charge in [-0.1, -0.05) is 18.2 Å². The average molecular weight is 247 g/mol. The van der Waals surface area contributed by atoms with Crippen LogP contribution in [0, 0.1) is 0 Å². The van der Waals surface area contributed by atoms with Gasteiger partial charge in [-0.2, -0.15) is 0 Å². The zero-order valence-corrected chi connectivity index (χ0v) is 10.3. The van der Waals surface area contributed by atoms with E-state index < -0.39 is 0 Å². The molecular formula is C14H17NO3. The van der Waals surface area contributed by atoms with Crippen LogP contribution in [0.1, 0.15) is 18.4 Å². The first-order valence-corrected chi connectivity index (χ1v) is 6.43. The number of benzene rings is 1. The number of para-hydroxylation sites is 1. The predicted octanol–water partition coefficient (Wildman–Crippen LogP) is 1.59. The van der Waals surface area contributed by atoms with Gasteiger partial charge in [0.25, 0.3) is 0 Å². The fraction of sp³-hybridized carbons (Fsp3) is 0.500. The summed E-state index contributed by atoms with van der Waals surface area (Å²) in [5.41, 5.74) is 1.08. The van der Waals surface area contributed by atoms with E-state index in [2.05, 4.69) is 0 Å². The van der Waals surface area contributed by atoms with Crippen LogP contribution in [0.4, 0.5) is 0 Å². The molecule has 2 saturated heterocycles. The highest BCUT2D eigenvalue weighted by Gasteiger charge is 2.24. The molecule has 18 heavy (non-hydrogen) atoms. The molecule has 1 atom stereocenters. The van der Waals surface area contributed by atoms with Crippen molar-refractivity contribution < 1.29 is 14.3 Å². The molecule has 3 rings (SSSR count). The predicted molar refractivity (Wildman–Crippen MR) is 66.3 cm³/mol. The van der Waals surface area contributed by atoms with Crippen molar-refractivity contribution in [3.8, 4) is 5.75 Å². The lowest BCUT2D eigenvalue weighted by Gasteiger charge is -2.18. The summed E-state index contributed by atoms with van der Waals surface area (Å²) < 4.78 is 10.9. The van der Waals surface area contributed by atoms with E-state index in [9.17, 15) is 4.79 Å². The Morgan fingerprint density at radius 3 is 2.94 bits per heavy atom. The zero-order chi connectivity index (χ0) is 12.4. The first kappa shape index (κ1) is 11.5. The number of rotatable bonds is 5. The minimum Gasteiger partial charge on any atom is -0.490 e. The van der Waals surface area contributed by atoms with Crippen molar-refractivity contribution in [1.29, 1.82) is 0 Å². The summed E-state index contributed by atoms with van der Waals surface area (Å²) in [5.74, 6) is 1.11. The quantitative estimate of drug-likeness (QED) is 0.742. The molecule has 1 aromatic carbocycles. The summed E-state index contributed by atoms with van der Waals surface area (Å²) in [7, 11) is 0. The molecule has 4 heteroatoms. The molecule has 2 aliphatic heterocycles. The number of ether oxygens (including phenoxy) is 2. The number of carbonyl (C=O) groups excluding carboxylic acids is 1. The van der Waals surface area contributed by atoms with Crippen molar-refractivity contribution in [1.82, 2.24) is 4.90 Å². The summed E-state index contributed by atoms with van der Waals surface area (Å²) >= 11 is 0. The molecule has 0 spiro atoms. The zero-order valence-electron chi connectivity index (χ0n) is 10.3. The largest absolute Gasteiger partial charge is 0.490 e. The fourth-order valence-corrected chi connectivity index (χ4v) is 2.20. The van der Waals surface area contributed by atoms with Gasteiger partial charge in [-0.25, -0.2) is 0 Å². The van der Waals surface area contributed by atoms with Gasteiger partial charge >= 0.3 is 0 Å². The maximum Gasteiger partial charge on any atom is 0.222 e. The lowest BCUT2D eigenvalue weighted by molar-refractivity contribution is -0.128.